The summed E-state index contributed by atoms with van der Waals surface area (Å²) in [5.41, 5.74) is -1.27. The van der Waals surface area contributed by atoms with Crippen LogP contribution in [0.3, 0.4) is 0 Å². The fourth-order valence-electron chi connectivity index (χ4n) is 0.935. The zero-order chi connectivity index (χ0) is 12.5. The minimum Gasteiger partial charge on any atom is -0.402 e. The van der Waals surface area contributed by atoms with E-state index in [1.165, 1.54) is 0 Å². The third kappa shape index (κ3) is 2.31. The van der Waals surface area contributed by atoms with Crippen LogP contribution < -0.4 is 0 Å². The molecule has 0 saturated carbocycles. The first kappa shape index (κ1) is 12.9. The van der Waals surface area contributed by atoms with Crippen LogP contribution in [-0.4, -0.2) is 17.4 Å². The van der Waals surface area contributed by atoms with E-state index in [9.17, 15) is 22.0 Å². The average Bonchev–Trinajstić information content (AvgIpc) is 2.23. The summed E-state index contributed by atoms with van der Waals surface area (Å²) in [5.74, 6) is -10.7. The van der Waals surface area contributed by atoms with Crippen molar-refractivity contribution in [3.05, 3.63) is 34.6 Å². The smallest absolute Gasteiger partial charge is 0.402 e. The number of hydrogen-bond acceptors (Lipinski definition) is 3. The van der Waals surface area contributed by atoms with Gasteiger partial charge >= 0.3 is 7.32 Å². The first-order chi connectivity index (χ1) is 7.36. The van der Waals surface area contributed by atoms with Gasteiger partial charge in [0.25, 0.3) is 0 Å². The lowest BCUT2D eigenvalue weighted by atomic mass is 10.1. The summed E-state index contributed by atoms with van der Waals surface area (Å²) < 4.78 is 67.4. The van der Waals surface area contributed by atoms with E-state index in [0.29, 0.717) is 0 Å². The van der Waals surface area contributed by atoms with Gasteiger partial charge in [-0.3, -0.25) is 0 Å². The molecule has 2 N–H and O–H groups in total. The summed E-state index contributed by atoms with van der Waals surface area (Å²) in [6.07, 6.45) is 0. The largest absolute Gasteiger partial charge is 0.634 e. The second-order valence-corrected chi connectivity index (χ2v) is 2.69. The molecule has 0 fully saturated rings. The van der Waals surface area contributed by atoms with Crippen molar-refractivity contribution in [2.45, 2.75) is 6.61 Å². The predicted octanol–water partition coefficient (Wildman–Crippen LogP) is 0.868. The third-order valence-corrected chi connectivity index (χ3v) is 1.68. The molecule has 3 nitrogen and oxygen atoms in total. The maximum absolute atomic E-state index is 12.9. The first-order valence-corrected chi connectivity index (χ1v) is 3.84. The van der Waals surface area contributed by atoms with E-state index < -0.39 is 48.6 Å². The molecule has 1 rings (SSSR count). The first-order valence-electron chi connectivity index (χ1n) is 3.84. The minimum atomic E-state index is -2.38. The van der Waals surface area contributed by atoms with Gasteiger partial charge < -0.3 is 14.7 Å². The molecule has 0 bridgehead atoms. The lowest BCUT2D eigenvalue weighted by Gasteiger charge is -2.08. The Morgan fingerprint density at radius 3 is 1.56 bits per heavy atom. The highest BCUT2D eigenvalue weighted by Crippen LogP contribution is 2.23. The van der Waals surface area contributed by atoms with E-state index in [1.54, 1.807) is 0 Å². The van der Waals surface area contributed by atoms with Gasteiger partial charge in [0, 0.05) is 0 Å². The van der Waals surface area contributed by atoms with E-state index in [1.807, 2.05) is 0 Å². The van der Waals surface area contributed by atoms with Crippen molar-refractivity contribution in [3.63, 3.8) is 0 Å². The lowest BCUT2D eigenvalue weighted by Crippen LogP contribution is -2.18. The van der Waals surface area contributed by atoms with Crippen molar-refractivity contribution in [2.75, 3.05) is 0 Å². The van der Waals surface area contributed by atoms with Crippen molar-refractivity contribution in [1.82, 2.24) is 0 Å². The van der Waals surface area contributed by atoms with Gasteiger partial charge in [0.05, 0.1) is 12.2 Å². The standard InChI is InChI=1S/C7H4BF5O3/c9-3-2(1-16-8(14)15)4(10)6(12)7(13)5(3)11/h14-15H,1H2. The van der Waals surface area contributed by atoms with Gasteiger partial charge in [-0.2, -0.15) is 0 Å². The molecule has 0 aliphatic carbocycles. The van der Waals surface area contributed by atoms with Gasteiger partial charge in [0.2, 0.25) is 5.82 Å². The van der Waals surface area contributed by atoms with Gasteiger partial charge in [-0.15, -0.1) is 0 Å². The Morgan fingerprint density at radius 2 is 1.19 bits per heavy atom. The molecule has 0 saturated heterocycles. The molecule has 0 amide bonds. The molecular weight excluding hydrogens is 238 g/mol. The van der Waals surface area contributed by atoms with Crippen molar-refractivity contribution in [1.29, 1.82) is 0 Å². The second-order valence-electron chi connectivity index (χ2n) is 2.69. The van der Waals surface area contributed by atoms with Crippen LogP contribution in [0.25, 0.3) is 0 Å². The van der Waals surface area contributed by atoms with Gasteiger partial charge in [0.1, 0.15) is 0 Å². The molecule has 16 heavy (non-hydrogen) atoms. The van der Waals surface area contributed by atoms with Crippen LogP contribution in [0, 0.1) is 29.1 Å². The summed E-state index contributed by atoms with van der Waals surface area (Å²) in [5, 5.41) is 16.4. The van der Waals surface area contributed by atoms with Crippen molar-refractivity contribution < 1.29 is 36.7 Å². The Morgan fingerprint density at radius 1 is 0.812 bits per heavy atom. The topological polar surface area (TPSA) is 49.7 Å². The molecule has 0 radical (unpaired) electrons. The quantitative estimate of drug-likeness (QED) is 0.358. The Labute approximate surface area is 86.3 Å². The maximum Gasteiger partial charge on any atom is 0.634 e. The second kappa shape index (κ2) is 4.77. The van der Waals surface area contributed by atoms with Crippen molar-refractivity contribution in [2.24, 2.45) is 0 Å². The average molecular weight is 242 g/mol. The molecule has 1 aromatic rings. The number of rotatable bonds is 3. The fraction of sp³-hybridized carbons (Fsp3) is 0.143. The molecular formula is C7H4BF5O3. The SMILES string of the molecule is OB(O)OCc1c(F)c(F)c(F)c(F)c1F. The minimum absolute atomic E-state index is 1.16. The maximum atomic E-state index is 12.9. The molecule has 88 valence electrons. The molecule has 0 unspecified atom stereocenters. The van der Waals surface area contributed by atoms with Crippen LogP contribution in [0.4, 0.5) is 22.0 Å². The molecule has 0 aliphatic rings. The lowest BCUT2D eigenvalue weighted by molar-refractivity contribution is 0.170. The van der Waals surface area contributed by atoms with E-state index in [4.69, 9.17) is 10.0 Å². The summed E-state index contributed by atoms with van der Waals surface area (Å²) in [6, 6.07) is 0. The summed E-state index contributed by atoms with van der Waals surface area (Å²) in [4.78, 5) is 0. The summed E-state index contributed by atoms with van der Waals surface area (Å²) in [6.45, 7) is -1.16. The zero-order valence-corrected chi connectivity index (χ0v) is 7.48. The van der Waals surface area contributed by atoms with Crippen LogP contribution in [0.5, 0.6) is 0 Å². The fourth-order valence-corrected chi connectivity index (χ4v) is 0.935. The summed E-state index contributed by atoms with van der Waals surface area (Å²) >= 11 is 0. The molecule has 0 aromatic heterocycles. The highest BCUT2D eigenvalue weighted by atomic mass is 19.2. The molecule has 0 spiro atoms. The van der Waals surface area contributed by atoms with Crippen molar-refractivity contribution in [3.8, 4) is 0 Å². The van der Waals surface area contributed by atoms with E-state index in [0.717, 1.165) is 0 Å². The van der Waals surface area contributed by atoms with Crippen LogP contribution in [-0.2, 0) is 11.3 Å². The van der Waals surface area contributed by atoms with E-state index >= 15 is 0 Å². The van der Waals surface area contributed by atoms with E-state index in [2.05, 4.69) is 4.65 Å². The predicted molar refractivity (Wildman–Crippen MR) is 41.2 cm³/mol. The summed E-state index contributed by atoms with van der Waals surface area (Å²) in [7, 11) is -2.38. The van der Waals surface area contributed by atoms with Crippen LogP contribution in [0.2, 0.25) is 0 Å². The zero-order valence-electron chi connectivity index (χ0n) is 7.48. The normalized spacial score (nSPS) is 10.7. The Bertz CT molecular complexity index is 382. The van der Waals surface area contributed by atoms with Gasteiger partial charge in [-0.1, -0.05) is 0 Å². The van der Waals surface area contributed by atoms with Gasteiger partial charge in [-0.25, -0.2) is 22.0 Å². The molecule has 0 heterocycles. The highest BCUT2D eigenvalue weighted by molar-refractivity contribution is 6.32. The van der Waals surface area contributed by atoms with Crippen LogP contribution >= 0.6 is 0 Å². The van der Waals surface area contributed by atoms with Crippen LogP contribution in [0.15, 0.2) is 0 Å². The number of benzene rings is 1. The Balaban J connectivity index is 3.18. The van der Waals surface area contributed by atoms with E-state index in [-0.39, 0.29) is 0 Å². The number of hydrogen-bond donors (Lipinski definition) is 2. The highest BCUT2D eigenvalue weighted by Gasteiger charge is 2.26. The van der Waals surface area contributed by atoms with Crippen LogP contribution in [0.1, 0.15) is 5.56 Å². The Kier molecular flexibility index (Phi) is 3.84. The monoisotopic (exact) mass is 242 g/mol. The number of halogens is 5. The van der Waals surface area contributed by atoms with Crippen molar-refractivity contribution >= 4 is 7.32 Å². The van der Waals surface area contributed by atoms with Gasteiger partial charge in [0.15, 0.2) is 23.3 Å². The van der Waals surface area contributed by atoms with Gasteiger partial charge in [-0.05, 0) is 0 Å². The molecule has 9 heteroatoms. The molecule has 1 aromatic carbocycles. The molecule has 0 atom stereocenters. The Hall–Kier alpha value is -1.19. The third-order valence-electron chi connectivity index (χ3n) is 1.68. The molecule has 0 aliphatic heterocycles.